The first kappa shape index (κ1) is 21.5. The molecule has 0 radical (unpaired) electrons. The third kappa shape index (κ3) is 4.17. The van der Waals surface area contributed by atoms with Crippen LogP contribution in [0.5, 0.6) is 0 Å². The van der Waals surface area contributed by atoms with E-state index in [1.54, 1.807) is 12.1 Å². The van der Waals surface area contributed by atoms with Gasteiger partial charge in [-0.05, 0) is 48.2 Å². The number of nitrogens with one attached hydrogen (secondary N) is 1. The average molecular weight is 451 g/mol. The smallest absolute Gasteiger partial charge is 0.243 e. The van der Waals surface area contributed by atoms with E-state index in [1.165, 1.54) is 28.6 Å². The van der Waals surface area contributed by atoms with Gasteiger partial charge in [0.2, 0.25) is 20.0 Å². The molecular formula is C21H26N2O5S2. The zero-order valence-corrected chi connectivity index (χ0v) is 18.2. The molecule has 4 rings (SSSR count). The molecule has 1 saturated heterocycles. The second-order valence-corrected chi connectivity index (χ2v) is 11.5. The van der Waals surface area contributed by atoms with Crippen molar-refractivity contribution in [1.82, 2.24) is 9.03 Å². The van der Waals surface area contributed by atoms with Crippen LogP contribution in [-0.4, -0.2) is 45.4 Å². The Labute approximate surface area is 177 Å². The molecule has 9 heteroatoms. The standard InChI is InChI=1S/C21H26N2O5S2/c24-20-15-16-7-3-4-8-19(16)21(20)22-29(25,26)17-9-11-18(12-10-17)30(27,28)23-13-5-1-2-6-14-23/h3-4,7-12,20-22,24H,1-2,5-6,13-15H2. The van der Waals surface area contributed by atoms with Crippen molar-refractivity contribution in [1.29, 1.82) is 0 Å². The van der Waals surface area contributed by atoms with Gasteiger partial charge in [0.25, 0.3) is 0 Å². The summed E-state index contributed by atoms with van der Waals surface area (Å²) in [7, 11) is -7.57. The molecule has 1 aliphatic heterocycles. The third-order valence-corrected chi connectivity index (χ3v) is 9.19. The SMILES string of the molecule is O=S(=O)(NC1c2ccccc2CC1O)c1ccc(S(=O)(=O)N2CCCCCC2)cc1. The number of sulfonamides is 2. The van der Waals surface area contributed by atoms with Crippen molar-refractivity contribution in [3.05, 3.63) is 59.7 Å². The van der Waals surface area contributed by atoms with Gasteiger partial charge in [-0.15, -0.1) is 0 Å². The Hall–Kier alpha value is -1.78. The second kappa shape index (κ2) is 8.39. The van der Waals surface area contributed by atoms with E-state index in [-0.39, 0.29) is 9.79 Å². The van der Waals surface area contributed by atoms with Crippen molar-refractivity contribution in [2.24, 2.45) is 0 Å². The fourth-order valence-corrected chi connectivity index (χ4v) is 6.94. The van der Waals surface area contributed by atoms with Gasteiger partial charge in [0.1, 0.15) is 0 Å². The molecule has 1 aliphatic carbocycles. The van der Waals surface area contributed by atoms with Gasteiger partial charge < -0.3 is 5.11 Å². The minimum Gasteiger partial charge on any atom is -0.391 e. The minimum atomic E-state index is -3.93. The van der Waals surface area contributed by atoms with Crippen LogP contribution in [0, 0.1) is 0 Å². The number of fused-ring (bicyclic) bond motifs is 1. The molecule has 162 valence electrons. The lowest BCUT2D eigenvalue weighted by Gasteiger charge is -2.20. The molecule has 2 aromatic carbocycles. The summed E-state index contributed by atoms with van der Waals surface area (Å²) in [5.41, 5.74) is 1.67. The van der Waals surface area contributed by atoms with Gasteiger partial charge in [-0.2, -0.15) is 4.31 Å². The topological polar surface area (TPSA) is 104 Å². The summed E-state index contributed by atoms with van der Waals surface area (Å²) >= 11 is 0. The van der Waals surface area contributed by atoms with E-state index in [2.05, 4.69) is 4.72 Å². The van der Waals surface area contributed by atoms with Crippen LogP contribution < -0.4 is 4.72 Å². The fourth-order valence-electron chi connectivity index (χ4n) is 4.17. The summed E-state index contributed by atoms with van der Waals surface area (Å²) in [5.74, 6) is 0. The van der Waals surface area contributed by atoms with Gasteiger partial charge in [-0.1, -0.05) is 37.1 Å². The number of aliphatic hydroxyl groups excluding tert-OH is 1. The summed E-state index contributed by atoms with van der Waals surface area (Å²) in [6.07, 6.45) is 3.24. The van der Waals surface area contributed by atoms with E-state index in [9.17, 15) is 21.9 Å². The predicted octanol–water partition coefficient (Wildman–Crippen LogP) is 2.19. The second-order valence-electron chi connectivity index (χ2n) is 7.86. The van der Waals surface area contributed by atoms with E-state index in [0.29, 0.717) is 19.5 Å². The zero-order valence-electron chi connectivity index (χ0n) is 16.6. The van der Waals surface area contributed by atoms with Crippen LogP contribution in [-0.2, 0) is 26.5 Å². The largest absolute Gasteiger partial charge is 0.391 e. The Kier molecular flexibility index (Phi) is 6.00. The van der Waals surface area contributed by atoms with Crippen molar-refractivity contribution in [2.75, 3.05) is 13.1 Å². The summed E-state index contributed by atoms with van der Waals surface area (Å²) in [4.78, 5) is 0.0588. The van der Waals surface area contributed by atoms with Gasteiger partial charge >= 0.3 is 0 Å². The minimum absolute atomic E-state index is 0.0334. The number of nitrogens with zero attached hydrogens (tertiary/aromatic N) is 1. The summed E-state index contributed by atoms with van der Waals surface area (Å²) < 4.78 is 55.6. The number of rotatable bonds is 5. The first-order valence-corrected chi connectivity index (χ1v) is 13.1. The lowest BCUT2D eigenvalue weighted by atomic mass is 10.1. The van der Waals surface area contributed by atoms with E-state index in [4.69, 9.17) is 0 Å². The van der Waals surface area contributed by atoms with Crippen LogP contribution in [0.25, 0.3) is 0 Å². The highest BCUT2D eigenvalue weighted by Gasteiger charge is 2.34. The molecule has 2 N–H and O–H groups in total. The monoisotopic (exact) mass is 450 g/mol. The van der Waals surface area contributed by atoms with Crippen LogP contribution in [0.3, 0.4) is 0 Å². The first-order chi connectivity index (χ1) is 14.3. The molecule has 7 nitrogen and oxygen atoms in total. The maximum absolute atomic E-state index is 12.9. The molecule has 2 aliphatic rings. The Morgan fingerprint density at radius 1 is 0.833 bits per heavy atom. The van der Waals surface area contributed by atoms with Crippen LogP contribution >= 0.6 is 0 Å². The normalized spacial score (nSPS) is 23.1. The van der Waals surface area contributed by atoms with Crippen LogP contribution in [0.1, 0.15) is 42.9 Å². The van der Waals surface area contributed by atoms with Gasteiger partial charge in [0.05, 0.1) is 21.9 Å². The Bertz CT molecular complexity index is 1110. The Morgan fingerprint density at radius 2 is 1.43 bits per heavy atom. The molecule has 2 aromatic rings. The van der Waals surface area contributed by atoms with Gasteiger partial charge in [-0.25, -0.2) is 21.6 Å². The number of hydrogen-bond donors (Lipinski definition) is 2. The third-order valence-electron chi connectivity index (χ3n) is 5.82. The van der Waals surface area contributed by atoms with E-state index in [1.807, 2.05) is 12.1 Å². The quantitative estimate of drug-likeness (QED) is 0.727. The first-order valence-electron chi connectivity index (χ1n) is 10.2. The van der Waals surface area contributed by atoms with Crippen molar-refractivity contribution in [3.63, 3.8) is 0 Å². The molecular weight excluding hydrogens is 424 g/mol. The van der Waals surface area contributed by atoms with E-state index < -0.39 is 32.2 Å². The summed E-state index contributed by atoms with van der Waals surface area (Å²) in [6.45, 7) is 0.978. The predicted molar refractivity (Wildman–Crippen MR) is 113 cm³/mol. The molecule has 0 aromatic heterocycles. The maximum Gasteiger partial charge on any atom is 0.243 e. The van der Waals surface area contributed by atoms with Crippen LogP contribution in [0.15, 0.2) is 58.3 Å². The molecule has 2 atom stereocenters. The van der Waals surface area contributed by atoms with E-state index in [0.717, 1.165) is 36.8 Å². The lowest BCUT2D eigenvalue weighted by Crippen LogP contribution is -2.34. The lowest BCUT2D eigenvalue weighted by molar-refractivity contribution is 0.151. The number of aliphatic hydroxyl groups is 1. The Balaban J connectivity index is 1.55. The fraction of sp³-hybridized carbons (Fsp3) is 0.429. The number of benzene rings is 2. The highest BCUT2D eigenvalue weighted by Crippen LogP contribution is 2.32. The molecule has 0 bridgehead atoms. The highest BCUT2D eigenvalue weighted by molar-refractivity contribution is 7.89. The van der Waals surface area contributed by atoms with Crippen LogP contribution in [0.4, 0.5) is 0 Å². The molecule has 1 heterocycles. The number of hydrogen-bond acceptors (Lipinski definition) is 5. The van der Waals surface area contributed by atoms with E-state index >= 15 is 0 Å². The molecule has 0 spiro atoms. The summed E-state index contributed by atoms with van der Waals surface area (Å²) in [5, 5.41) is 10.3. The van der Waals surface area contributed by atoms with Crippen molar-refractivity contribution < 1.29 is 21.9 Å². The molecule has 0 amide bonds. The van der Waals surface area contributed by atoms with Crippen LogP contribution in [0.2, 0.25) is 0 Å². The van der Waals surface area contributed by atoms with Gasteiger partial charge in [-0.3, -0.25) is 0 Å². The molecule has 2 unspecified atom stereocenters. The average Bonchev–Trinajstić information content (AvgIpc) is 2.91. The van der Waals surface area contributed by atoms with Crippen molar-refractivity contribution >= 4 is 20.0 Å². The zero-order chi connectivity index (χ0) is 21.4. The van der Waals surface area contributed by atoms with Crippen molar-refractivity contribution in [2.45, 2.75) is 54.0 Å². The van der Waals surface area contributed by atoms with Crippen molar-refractivity contribution in [3.8, 4) is 0 Å². The highest BCUT2D eigenvalue weighted by atomic mass is 32.2. The van der Waals surface area contributed by atoms with Gasteiger partial charge in [0, 0.05) is 19.5 Å². The van der Waals surface area contributed by atoms with Gasteiger partial charge in [0.15, 0.2) is 0 Å². The Morgan fingerprint density at radius 3 is 2.10 bits per heavy atom. The summed E-state index contributed by atoms with van der Waals surface area (Å²) in [6, 6.07) is 11.9. The molecule has 30 heavy (non-hydrogen) atoms. The molecule has 0 saturated carbocycles. The maximum atomic E-state index is 12.9. The molecule has 1 fully saturated rings.